The predicted molar refractivity (Wildman–Crippen MR) is 63.7 cm³/mol. The highest BCUT2D eigenvalue weighted by atomic mass is 16.3. The molecule has 0 unspecified atom stereocenters. The summed E-state index contributed by atoms with van der Waals surface area (Å²) in [4.78, 5) is 20.5. The molecular formula is C12H9N3O2. The van der Waals surface area contributed by atoms with Crippen molar-refractivity contribution in [2.45, 2.75) is 6.92 Å². The van der Waals surface area contributed by atoms with E-state index in [0.717, 1.165) is 0 Å². The lowest BCUT2D eigenvalue weighted by molar-refractivity contribution is 0.497. The van der Waals surface area contributed by atoms with Crippen molar-refractivity contribution in [1.82, 2.24) is 14.4 Å². The third-order valence-electron chi connectivity index (χ3n) is 2.68. The van der Waals surface area contributed by atoms with Crippen LogP contribution in [0, 0.1) is 0 Å². The summed E-state index contributed by atoms with van der Waals surface area (Å²) in [5.41, 5.74) is 1.11. The van der Waals surface area contributed by atoms with Crippen molar-refractivity contribution in [2.24, 2.45) is 0 Å². The zero-order chi connectivity index (χ0) is 12.0. The number of para-hydroxylation sites is 2. The summed E-state index contributed by atoms with van der Waals surface area (Å²) in [5.74, 6) is 0.309. The van der Waals surface area contributed by atoms with Gasteiger partial charge in [-0.1, -0.05) is 12.1 Å². The van der Waals surface area contributed by atoms with Crippen LogP contribution >= 0.6 is 0 Å². The van der Waals surface area contributed by atoms with Crippen LogP contribution in [0.4, 0.5) is 0 Å². The number of hydrogen-bond acceptors (Lipinski definition) is 4. The Bertz CT molecular complexity index is 832. The van der Waals surface area contributed by atoms with Gasteiger partial charge in [-0.3, -0.25) is 4.79 Å². The maximum absolute atomic E-state index is 12.1. The van der Waals surface area contributed by atoms with Gasteiger partial charge in [-0.15, -0.1) is 0 Å². The smallest absolute Gasteiger partial charge is 0.270 e. The average molecular weight is 227 g/mol. The van der Waals surface area contributed by atoms with Crippen LogP contribution < -0.4 is 10.8 Å². The van der Waals surface area contributed by atoms with Crippen LogP contribution in [0.5, 0.6) is 0 Å². The normalized spacial score (nSPS) is 13.2. The zero-order valence-electron chi connectivity index (χ0n) is 9.08. The minimum Gasteiger partial charge on any atom is -0.512 e. The zero-order valence-corrected chi connectivity index (χ0v) is 9.08. The van der Waals surface area contributed by atoms with E-state index in [9.17, 15) is 9.90 Å². The molecule has 5 nitrogen and oxygen atoms in total. The van der Waals surface area contributed by atoms with Crippen molar-refractivity contribution >= 4 is 22.6 Å². The first kappa shape index (κ1) is 9.77. The van der Waals surface area contributed by atoms with Crippen LogP contribution in [-0.4, -0.2) is 19.5 Å². The molecule has 84 valence electrons. The molecule has 0 saturated carbocycles. The molecule has 3 rings (SSSR count). The number of benzene rings is 1. The van der Waals surface area contributed by atoms with Crippen LogP contribution in [-0.2, 0) is 0 Å². The first-order valence-corrected chi connectivity index (χ1v) is 5.14. The predicted octanol–water partition coefficient (Wildman–Crippen LogP) is 0.648. The number of fused-ring (bicyclic) bond motifs is 3. The molecule has 3 aromatic rings. The first-order chi connectivity index (χ1) is 8.18. The number of rotatable bonds is 0. The lowest BCUT2D eigenvalue weighted by Crippen LogP contribution is -2.32. The van der Waals surface area contributed by atoms with Gasteiger partial charge in [-0.2, -0.15) is 0 Å². The standard InChI is InChI=1S/C12H9N3O2/c1-7(16)8-6-13-12-14-9-4-2-3-5-10(9)15(12)11(8)17/h2-6,16H,1H3/b8-7+. The second-order valence-corrected chi connectivity index (χ2v) is 3.80. The molecule has 2 heterocycles. The van der Waals surface area contributed by atoms with Gasteiger partial charge in [-0.25, -0.2) is 14.4 Å². The Morgan fingerprint density at radius 1 is 1.35 bits per heavy atom. The van der Waals surface area contributed by atoms with Crippen LogP contribution in [0.15, 0.2) is 35.3 Å². The number of aliphatic hydroxyl groups excluding tert-OH is 1. The summed E-state index contributed by atoms with van der Waals surface area (Å²) in [7, 11) is 0. The second-order valence-electron chi connectivity index (χ2n) is 3.80. The Hall–Kier alpha value is -2.43. The third kappa shape index (κ3) is 1.29. The fraction of sp³-hybridized carbons (Fsp3) is 0.0833. The van der Waals surface area contributed by atoms with Crippen molar-refractivity contribution in [3.8, 4) is 0 Å². The lowest BCUT2D eigenvalue weighted by Gasteiger charge is -1.94. The van der Waals surface area contributed by atoms with Gasteiger partial charge in [0.15, 0.2) is 0 Å². The monoisotopic (exact) mass is 227 g/mol. The molecule has 0 aliphatic carbocycles. The number of aliphatic hydroxyl groups is 1. The van der Waals surface area contributed by atoms with Crippen molar-refractivity contribution in [2.75, 3.05) is 0 Å². The topological polar surface area (TPSA) is 67.5 Å². The van der Waals surface area contributed by atoms with Crippen LogP contribution in [0.25, 0.3) is 22.6 Å². The third-order valence-corrected chi connectivity index (χ3v) is 2.68. The Morgan fingerprint density at radius 2 is 2.12 bits per heavy atom. The van der Waals surface area contributed by atoms with Crippen molar-refractivity contribution in [3.63, 3.8) is 0 Å². The Balaban J connectivity index is 2.68. The molecule has 0 bridgehead atoms. The van der Waals surface area contributed by atoms with E-state index < -0.39 is 0 Å². The Morgan fingerprint density at radius 3 is 2.88 bits per heavy atom. The van der Waals surface area contributed by atoms with E-state index in [2.05, 4.69) is 9.97 Å². The van der Waals surface area contributed by atoms with Crippen molar-refractivity contribution < 1.29 is 5.11 Å². The average Bonchev–Trinajstić information content (AvgIpc) is 2.67. The summed E-state index contributed by atoms with van der Waals surface area (Å²) in [6, 6.07) is 7.30. The fourth-order valence-corrected chi connectivity index (χ4v) is 1.85. The second kappa shape index (κ2) is 3.28. The molecule has 1 aromatic carbocycles. The van der Waals surface area contributed by atoms with Crippen LogP contribution in [0.2, 0.25) is 0 Å². The van der Waals surface area contributed by atoms with E-state index in [4.69, 9.17) is 0 Å². The van der Waals surface area contributed by atoms with E-state index in [0.29, 0.717) is 16.8 Å². The van der Waals surface area contributed by atoms with Gasteiger partial charge in [0.2, 0.25) is 5.78 Å². The molecule has 0 atom stereocenters. The molecule has 0 aliphatic rings. The van der Waals surface area contributed by atoms with Gasteiger partial charge in [0.1, 0.15) is 5.76 Å². The quantitative estimate of drug-likeness (QED) is 0.612. The van der Waals surface area contributed by atoms with Gasteiger partial charge in [0.25, 0.3) is 5.56 Å². The minimum absolute atomic E-state index is 0.0396. The summed E-state index contributed by atoms with van der Waals surface area (Å²) in [6.07, 6.45) is 1.35. The highest BCUT2D eigenvalue weighted by molar-refractivity contribution is 5.79. The molecule has 0 fully saturated rings. The van der Waals surface area contributed by atoms with Gasteiger partial charge < -0.3 is 5.11 Å². The van der Waals surface area contributed by atoms with E-state index >= 15 is 0 Å². The van der Waals surface area contributed by atoms with Crippen LogP contribution in [0.1, 0.15) is 6.92 Å². The van der Waals surface area contributed by atoms with E-state index in [1.54, 1.807) is 6.07 Å². The number of aromatic nitrogens is 3. The molecule has 0 radical (unpaired) electrons. The summed E-state index contributed by atoms with van der Waals surface area (Å²) in [6.45, 7) is 1.46. The first-order valence-electron chi connectivity index (χ1n) is 5.14. The van der Waals surface area contributed by atoms with Gasteiger partial charge >= 0.3 is 0 Å². The molecule has 2 aromatic heterocycles. The maximum Gasteiger partial charge on any atom is 0.270 e. The van der Waals surface area contributed by atoms with E-state index in [1.165, 1.54) is 17.5 Å². The molecule has 0 saturated heterocycles. The van der Waals surface area contributed by atoms with Gasteiger partial charge in [0, 0.05) is 6.20 Å². The van der Waals surface area contributed by atoms with Crippen molar-refractivity contribution in [3.05, 3.63) is 46.0 Å². The lowest BCUT2D eigenvalue weighted by atomic mass is 10.3. The molecular weight excluding hydrogens is 218 g/mol. The number of imidazole rings is 1. The molecule has 0 spiro atoms. The largest absolute Gasteiger partial charge is 0.512 e. The highest BCUT2D eigenvalue weighted by Gasteiger charge is 2.08. The van der Waals surface area contributed by atoms with Gasteiger partial charge in [-0.05, 0) is 19.1 Å². The summed E-state index contributed by atoms with van der Waals surface area (Å²) >= 11 is 0. The highest BCUT2D eigenvalue weighted by Crippen LogP contribution is 2.11. The van der Waals surface area contributed by atoms with Gasteiger partial charge in [0.05, 0.1) is 16.3 Å². The number of nitrogens with zero attached hydrogens (tertiary/aromatic N) is 3. The van der Waals surface area contributed by atoms with E-state index in [-0.39, 0.29) is 16.5 Å². The van der Waals surface area contributed by atoms with Crippen LogP contribution in [0.3, 0.4) is 0 Å². The fourth-order valence-electron chi connectivity index (χ4n) is 1.85. The molecule has 0 aliphatic heterocycles. The Kier molecular flexibility index (Phi) is 1.89. The Labute approximate surface area is 95.7 Å². The molecule has 5 heteroatoms. The molecule has 0 amide bonds. The molecule has 1 N–H and O–H groups in total. The maximum atomic E-state index is 12.1. The van der Waals surface area contributed by atoms with Crippen molar-refractivity contribution in [1.29, 1.82) is 0 Å². The summed E-state index contributed by atoms with van der Waals surface area (Å²) < 4.78 is 1.41. The number of hydrogen-bond donors (Lipinski definition) is 1. The minimum atomic E-state index is -0.302. The van der Waals surface area contributed by atoms with E-state index in [1.807, 2.05) is 18.2 Å². The SMILES string of the molecule is C/C(O)=c1/cnc2nc3ccccc3n2c1=O. The summed E-state index contributed by atoms with van der Waals surface area (Å²) in [5, 5.41) is 9.61. The molecule has 17 heavy (non-hydrogen) atoms.